The van der Waals surface area contributed by atoms with Gasteiger partial charge in [-0.1, -0.05) is 6.07 Å². The van der Waals surface area contributed by atoms with Crippen molar-refractivity contribution in [2.75, 3.05) is 20.7 Å². The van der Waals surface area contributed by atoms with Gasteiger partial charge in [-0.3, -0.25) is 4.90 Å². The van der Waals surface area contributed by atoms with Gasteiger partial charge in [-0.2, -0.15) is 0 Å². The van der Waals surface area contributed by atoms with Crippen LogP contribution in [0.15, 0.2) is 6.07 Å². The first-order valence-corrected chi connectivity index (χ1v) is 6.79. The van der Waals surface area contributed by atoms with Gasteiger partial charge in [-0.05, 0) is 58.4 Å². The normalized spacial score (nSPS) is 12.1. The molecule has 0 saturated carbocycles. The van der Waals surface area contributed by atoms with Crippen molar-refractivity contribution >= 4 is 0 Å². The molecular weight excluding hydrogens is 236 g/mol. The van der Waals surface area contributed by atoms with Gasteiger partial charge >= 0.3 is 0 Å². The van der Waals surface area contributed by atoms with E-state index in [4.69, 9.17) is 10.5 Å². The van der Waals surface area contributed by atoms with Crippen LogP contribution < -0.4 is 10.5 Å². The van der Waals surface area contributed by atoms with Crippen LogP contribution in [0.5, 0.6) is 5.75 Å². The molecule has 0 saturated heterocycles. The Morgan fingerprint density at radius 2 is 1.79 bits per heavy atom. The quantitative estimate of drug-likeness (QED) is 0.888. The summed E-state index contributed by atoms with van der Waals surface area (Å²) < 4.78 is 5.63. The highest BCUT2D eigenvalue weighted by Gasteiger charge is 2.24. The van der Waals surface area contributed by atoms with Crippen molar-refractivity contribution in [3.05, 3.63) is 28.3 Å². The number of hydrogen-bond donors (Lipinski definition) is 1. The zero-order valence-electron chi connectivity index (χ0n) is 13.4. The fourth-order valence-corrected chi connectivity index (χ4v) is 2.18. The summed E-state index contributed by atoms with van der Waals surface area (Å²) in [5.74, 6) is 1.01. The molecule has 0 aliphatic carbocycles. The van der Waals surface area contributed by atoms with E-state index < -0.39 is 0 Å². The predicted octanol–water partition coefficient (Wildman–Crippen LogP) is 2.79. The van der Waals surface area contributed by atoms with Gasteiger partial charge in [-0.15, -0.1) is 0 Å². The fraction of sp³-hybridized carbons (Fsp3) is 0.625. The summed E-state index contributed by atoms with van der Waals surface area (Å²) in [5.41, 5.74) is 10.9. The van der Waals surface area contributed by atoms with Crippen LogP contribution in [0.1, 0.15) is 36.1 Å². The van der Waals surface area contributed by atoms with E-state index in [1.54, 1.807) is 7.11 Å². The molecule has 0 atom stereocenters. The Bertz CT molecular complexity index is 453. The number of nitrogens with two attached hydrogens (primary N) is 1. The maximum atomic E-state index is 5.85. The molecule has 0 fully saturated rings. The van der Waals surface area contributed by atoms with E-state index in [0.29, 0.717) is 6.54 Å². The summed E-state index contributed by atoms with van der Waals surface area (Å²) in [4.78, 5) is 2.28. The molecule has 0 aliphatic rings. The van der Waals surface area contributed by atoms with Gasteiger partial charge < -0.3 is 10.5 Å². The van der Waals surface area contributed by atoms with Crippen molar-refractivity contribution in [1.29, 1.82) is 0 Å². The minimum Gasteiger partial charge on any atom is -0.496 e. The van der Waals surface area contributed by atoms with Crippen LogP contribution >= 0.6 is 0 Å². The van der Waals surface area contributed by atoms with E-state index >= 15 is 0 Å². The van der Waals surface area contributed by atoms with Crippen molar-refractivity contribution in [3.63, 3.8) is 0 Å². The first kappa shape index (κ1) is 16.0. The monoisotopic (exact) mass is 264 g/mol. The molecule has 3 nitrogen and oxygen atoms in total. The van der Waals surface area contributed by atoms with Gasteiger partial charge in [0.2, 0.25) is 0 Å². The largest absolute Gasteiger partial charge is 0.496 e. The number of likely N-dealkylation sites (N-methyl/N-ethyl adjacent to an activating group) is 1. The van der Waals surface area contributed by atoms with Gasteiger partial charge in [0.1, 0.15) is 5.75 Å². The molecule has 0 spiro atoms. The number of methoxy groups -OCH3 is 1. The molecule has 0 unspecified atom stereocenters. The fourth-order valence-electron chi connectivity index (χ4n) is 2.18. The van der Waals surface area contributed by atoms with Crippen LogP contribution in [0.25, 0.3) is 0 Å². The van der Waals surface area contributed by atoms with E-state index in [0.717, 1.165) is 12.3 Å². The molecule has 0 aliphatic heterocycles. The van der Waals surface area contributed by atoms with E-state index in [9.17, 15) is 0 Å². The Balaban J connectivity index is 3.18. The van der Waals surface area contributed by atoms with Crippen molar-refractivity contribution in [1.82, 2.24) is 4.90 Å². The predicted molar refractivity (Wildman–Crippen MR) is 81.8 cm³/mol. The molecule has 3 heteroatoms. The first-order chi connectivity index (χ1) is 8.74. The number of hydrogen-bond acceptors (Lipinski definition) is 3. The van der Waals surface area contributed by atoms with Gasteiger partial charge in [0.05, 0.1) is 7.11 Å². The molecule has 108 valence electrons. The Labute approximate surface area is 117 Å². The maximum absolute atomic E-state index is 5.85. The second-order valence-electron chi connectivity index (χ2n) is 6.02. The molecule has 1 rings (SSSR count). The van der Waals surface area contributed by atoms with Gasteiger partial charge in [0.15, 0.2) is 0 Å². The average Bonchev–Trinajstić information content (AvgIpc) is 2.36. The topological polar surface area (TPSA) is 38.5 Å². The highest BCUT2D eigenvalue weighted by molar-refractivity contribution is 5.49. The van der Waals surface area contributed by atoms with Crippen LogP contribution in [0.3, 0.4) is 0 Å². The lowest BCUT2D eigenvalue weighted by Crippen LogP contribution is -2.46. The lowest BCUT2D eigenvalue weighted by Gasteiger charge is -2.35. The number of ether oxygens (including phenoxy) is 1. The van der Waals surface area contributed by atoms with Crippen molar-refractivity contribution in [3.8, 4) is 5.75 Å². The Morgan fingerprint density at radius 3 is 2.26 bits per heavy atom. The smallest absolute Gasteiger partial charge is 0.126 e. The van der Waals surface area contributed by atoms with Gasteiger partial charge in [0, 0.05) is 24.2 Å². The van der Waals surface area contributed by atoms with Gasteiger partial charge in [0.25, 0.3) is 0 Å². The minimum absolute atomic E-state index is 0.0176. The minimum atomic E-state index is -0.0176. The summed E-state index contributed by atoms with van der Waals surface area (Å²) in [6.45, 7) is 12.2. The highest BCUT2D eigenvalue weighted by Crippen LogP contribution is 2.31. The van der Waals surface area contributed by atoms with Crippen LogP contribution in [0.2, 0.25) is 0 Å². The molecule has 1 aromatic carbocycles. The van der Waals surface area contributed by atoms with Crippen LogP contribution in [0, 0.1) is 20.8 Å². The number of benzene rings is 1. The average molecular weight is 264 g/mol. The summed E-state index contributed by atoms with van der Waals surface area (Å²) >= 11 is 0. The molecule has 19 heavy (non-hydrogen) atoms. The van der Waals surface area contributed by atoms with E-state index in [-0.39, 0.29) is 5.54 Å². The zero-order valence-corrected chi connectivity index (χ0v) is 13.4. The van der Waals surface area contributed by atoms with Crippen LogP contribution in [0.4, 0.5) is 0 Å². The van der Waals surface area contributed by atoms with Crippen molar-refractivity contribution in [2.24, 2.45) is 5.73 Å². The summed E-state index contributed by atoms with van der Waals surface area (Å²) in [5, 5.41) is 0. The van der Waals surface area contributed by atoms with Crippen LogP contribution in [-0.4, -0.2) is 31.1 Å². The standard InChI is InChI=1S/C16H28N2O/c1-11-8-12(2)14(15(19-7)13(11)3)9-18(6)16(4,5)10-17/h8H,9-10,17H2,1-7H3. The first-order valence-electron chi connectivity index (χ1n) is 6.79. The van der Waals surface area contributed by atoms with Crippen molar-refractivity contribution in [2.45, 2.75) is 46.7 Å². The SMILES string of the molecule is COc1c(C)c(C)cc(C)c1CN(C)C(C)(C)CN. The molecule has 0 radical (unpaired) electrons. The molecule has 0 heterocycles. The second-order valence-corrected chi connectivity index (χ2v) is 6.02. The number of nitrogens with zero attached hydrogens (tertiary/aromatic N) is 1. The Kier molecular flexibility index (Phi) is 4.99. The second kappa shape index (κ2) is 5.93. The summed E-state index contributed by atoms with van der Waals surface area (Å²) in [7, 11) is 3.86. The van der Waals surface area contributed by atoms with Crippen molar-refractivity contribution < 1.29 is 4.74 Å². The molecule has 1 aromatic rings. The lowest BCUT2D eigenvalue weighted by atomic mass is 9.96. The number of rotatable bonds is 5. The van der Waals surface area contributed by atoms with Crippen LogP contribution in [-0.2, 0) is 6.54 Å². The molecule has 2 N–H and O–H groups in total. The highest BCUT2D eigenvalue weighted by atomic mass is 16.5. The van der Waals surface area contributed by atoms with E-state index in [2.05, 4.69) is 52.6 Å². The van der Waals surface area contributed by atoms with E-state index in [1.165, 1.54) is 22.3 Å². The van der Waals surface area contributed by atoms with Gasteiger partial charge in [-0.25, -0.2) is 0 Å². The Hall–Kier alpha value is -1.06. The third-order valence-electron chi connectivity index (χ3n) is 4.25. The lowest BCUT2D eigenvalue weighted by molar-refractivity contribution is 0.154. The molecular formula is C16H28N2O. The van der Waals surface area contributed by atoms with E-state index in [1.807, 2.05) is 0 Å². The summed E-state index contributed by atoms with van der Waals surface area (Å²) in [6.07, 6.45) is 0. The molecule has 0 amide bonds. The third-order valence-corrected chi connectivity index (χ3v) is 4.25. The summed E-state index contributed by atoms with van der Waals surface area (Å²) in [6, 6.07) is 2.23. The molecule has 0 aromatic heterocycles. The maximum Gasteiger partial charge on any atom is 0.126 e. The Morgan fingerprint density at radius 1 is 1.21 bits per heavy atom. The molecule has 0 bridgehead atoms. The third kappa shape index (κ3) is 3.28. The zero-order chi connectivity index (χ0) is 14.8. The number of aryl methyl sites for hydroxylation is 2.